The second kappa shape index (κ2) is 7.19. The van der Waals surface area contributed by atoms with Crippen molar-refractivity contribution in [3.8, 4) is 0 Å². The van der Waals surface area contributed by atoms with Crippen LogP contribution < -0.4 is 15.8 Å². The van der Waals surface area contributed by atoms with Crippen molar-refractivity contribution in [2.24, 2.45) is 0 Å². The van der Waals surface area contributed by atoms with Gasteiger partial charge in [-0.25, -0.2) is 4.68 Å². The second-order valence-electron chi connectivity index (χ2n) is 4.98. The minimum absolute atomic E-state index is 0.0703. The molecule has 1 aromatic rings. The van der Waals surface area contributed by atoms with E-state index in [1.165, 1.54) is 4.68 Å². The number of aromatic nitrogens is 2. The van der Waals surface area contributed by atoms with Crippen LogP contribution >= 0.6 is 15.9 Å². The minimum Gasteiger partial charge on any atom is -0.371 e. The van der Waals surface area contributed by atoms with Crippen LogP contribution in [0.2, 0.25) is 0 Å². The Morgan fingerprint density at radius 1 is 1.45 bits per heavy atom. The number of nitrogens with one attached hydrogen (secondary N) is 1. The summed E-state index contributed by atoms with van der Waals surface area (Å²) in [7, 11) is 2.00. The summed E-state index contributed by atoms with van der Waals surface area (Å²) in [4.78, 5) is 16.6. The first kappa shape index (κ1) is 15.5. The van der Waals surface area contributed by atoms with E-state index in [2.05, 4.69) is 36.1 Å². The molecule has 0 aromatic carbocycles. The smallest absolute Gasteiger partial charge is 0.283 e. The van der Waals surface area contributed by atoms with Crippen LogP contribution in [0.1, 0.15) is 6.92 Å². The summed E-state index contributed by atoms with van der Waals surface area (Å²) in [6, 6.07) is 0. The van der Waals surface area contributed by atoms with Gasteiger partial charge in [-0.3, -0.25) is 9.69 Å². The summed E-state index contributed by atoms with van der Waals surface area (Å²) in [5.74, 6) is 0. The van der Waals surface area contributed by atoms with Crippen LogP contribution in [0, 0.1) is 0 Å². The van der Waals surface area contributed by atoms with Crippen molar-refractivity contribution in [2.45, 2.75) is 13.5 Å². The van der Waals surface area contributed by atoms with Crippen molar-refractivity contribution in [1.82, 2.24) is 20.0 Å². The first-order chi connectivity index (χ1) is 9.63. The van der Waals surface area contributed by atoms with Gasteiger partial charge in [0.1, 0.15) is 4.47 Å². The molecular formula is C13H22BrN5O. The lowest BCUT2D eigenvalue weighted by Gasteiger charge is -2.29. The number of aryl methyl sites for hydroxylation is 1. The summed E-state index contributed by atoms with van der Waals surface area (Å²) in [6.45, 7) is 8.67. The highest BCUT2D eigenvalue weighted by Crippen LogP contribution is 2.19. The fraction of sp³-hybridized carbons (Fsp3) is 0.692. The number of piperazine rings is 1. The first-order valence-electron chi connectivity index (χ1n) is 7.03. The molecule has 0 atom stereocenters. The Labute approximate surface area is 127 Å². The van der Waals surface area contributed by atoms with Crippen molar-refractivity contribution >= 4 is 21.6 Å². The largest absolute Gasteiger partial charge is 0.371 e. The van der Waals surface area contributed by atoms with Crippen LogP contribution in [0.4, 0.5) is 5.69 Å². The quantitative estimate of drug-likeness (QED) is 0.836. The zero-order chi connectivity index (χ0) is 14.5. The zero-order valence-corrected chi connectivity index (χ0v) is 13.7. The van der Waals surface area contributed by atoms with Crippen molar-refractivity contribution in [2.75, 3.05) is 51.2 Å². The van der Waals surface area contributed by atoms with E-state index in [0.717, 1.165) is 45.0 Å². The normalized spacial score (nSPS) is 16.4. The minimum atomic E-state index is -0.0703. The van der Waals surface area contributed by atoms with E-state index in [1.807, 2.05) is 14.0 Å². The Balaban J connectivity index is 2.00. The average Bonchev–Trinajstić information content (AvgIpc) is 2.48. The van der Waals surface area contributed by atoms with E-state index in [9.17, 15) is 4.79 Å². The molecule has 0 unspecified atom stereocenters. The molecule has 2 heterocycles. The van der Waals surface area contributed by atoms with Crippen molar-refractivity contribution in [1.29, 1.82) is 0 Å². The van der Waals surface area contributed by atoms with Gasteiger partial charge in [0.2, 0.25) is 0 Å². The molecule has 0 bridgehead atoms. The highest BCUT2D eigenvalue weighted by molar-refractivity contribution is 9.10. The Morgan fingerprint density at radius 2 is 2.15 bits per heavy atom. The lowest BCUT2D eigenvalue weighted by atomic mass is 10.3. The Kier molecular flexibility index (Phi) is 5.56. The summed E-state index contributed by atoms with van der Waals surface area (Å²) in [5, 5.41) is 7.53. The molecule has 0 radical (unpaired) electrons. The van der Waals surface area contributed by atoms with Gasteiger partial charge < -0.3 is 10.2 Å². The van der Waals surface area contributed by atoms with Crippen LogP contribution in [-0.4, -0.2) is 61.0 Å². The molecule has 0 spiro atoms. The van der Waals surface area contributed by atoms with Crippen LogP contribution in [-0.2, 0) is 6.54 Å². The molecule has 1 aliphatic rings. The molecule has 1 saturated heterocycles. The number of nitrogens with zero attached hydrogens (tertiary/aromatic N) is 4. The van der Waals surface area contributed by atoms with Crippen molar-refractivity contribution in [3.63, 3.8) is 0 Å². The number of rotatable bonds is 5. The van der Waals surface area contributed by atoms with Crippen LogP contribution in [0.5, 0.6) is 0 Å². The number of likely N-dealkylation sites (N-methyl/N-ethyl adjacent to an activating group) is 1. The molecule has 1 aliphatic heterocycles. The highest BCUT2D eigenvalue weighted by Gasteiger charge is 2.14. The second-order valence-corrected chi connectivity index (χ2v) is 5.77. The standard InChI is InChI=1S/C13H22BrN5O/c1-3-19-13(20)12(14)11(10-16-19)17(2)8-9-18-6-4-15-5-7-18/h10,15H,3-9H2,1-2H3. The lowest BCUT2D eigenvalue weighted by Crippen LogP contribution is -2.46. The van der Waals surface area contributed by atoms with Crippen LogP contribution in [0.3, 0.4) is 0 Å². The topological polar surface area (TPSA) is 53.4 Å². The van der Waals surface area contributed by atoms with Crippen LogP contribution in [0.15, 0.2) is 15.5 Å². The van der Waals surface area contributed by atoms with E-state index < -0.39 is 0 Å². The lowest BCUT2D eigenvalue weighted by molar-refractivity contribution is 0.246. The third-order valence-corrected chi connectivity index (χ3v) is 4.38. The van der Waals surface area contributed by atoms with Gasteiger partial charge in [-0.1, -0.05) is 0 Å². The van der Waals surface area contributed by atoms with Crippen LogP contribution in [0.25, 0.3) is 0 Å². The molecule has 0 amide bonds. The maximum absolute atomic E-state index is 12.0. The molecule has 112 valence electrons. The molecule has 1 fully saturated rings. The van der Waals surface area contributed by atoms with Gasteiger partial charge in [-0.2, -0.15) is 5.10 Å². The molecule has 1 N–H and O–H groups in total. The summed E-state index contributed by atoms with van der Waals surface area (Å²) < 4.78 is 2.05. The summed E-state index contributed by atoms with van der Waals surface area (Å²) >= 11 is 3.40. The molecule has 0 aliphatic carbocycles. The molecule has 20 heavy (non-hydrogen) atoms. The summed E-state index contributed by atoms with van der Waals surface area (Å²) in [5.41, 5.74) is 0.786. The SMILES string of the molecule is CCn1ncc(N(C)CCN2CCNCC2)c(Br)c1=O. The highest BCUT2D eigenvalue weighted by atomic mass is 79.9. The predicted molar refractivity (Wildman–Crippen MR) is 84.5 cm³/mol. The molecule has 6 nitrogen and oxygen atoms in total. The van der Waals surface area contributed by atoms with E-state index in [0.29, 0.717) is 11.0 Å². The maximum atomic E-state index is 12.0. The van der Waals surface area contributed by atoms with Gasteiger partial charge in [0.05, 0.1) is 11.9 Å². The van der Waals surface area contributed by atoms with Gasteiger partial charge >= 0.3 is 0 Å². The first-order valence-corrected chi connectivity index (χ1v) is 7.82. The van der Waals surface area contributed by atoms with Gasteiger partial charge in [0, 0.05) is 52.9 Å². The maximum Gasteiger partial charge on any atom is 0.283 e. The number of hydrogen-bond donors (Lipinski definition) is 1. The van der Waals surface area contributed by atoms with E-state index >= 15 is 0 Å². The predicted octanol–water partition coefficient (Wildman–Crippen LogP) is 0.367. The van der Waals surface area contributed by atoms with E-state index in [1.54, 1.807) is 6.20 Å². The molecule has 2 rings (SSSR count). The fourth-order valence-electron chi connectivity index (χ4n) is 2.29. The molecular weight excluding hydrogens is 322 g/mol. The summed E-state index contributed by atoms with van der Waals surface area (Å²) in [6.07, 6.45) is 1.76. The molecule has 1 aromatic heterocycles. The average molecular weight is 344 g/mol. The number of anilines is 1. The third kappa shape index (κ3) is 3.59. The van der Waals surface area contributed by atoms with Gasteiger partial charge in [-0.15, -0.1) is 0 Å². The fourth-order valence-corrected chi connectivity index (χ4v) is 2.90. The molecule has 0 saturated carbocycles. The van der Waals surface area contributed by atoms with E-state index in [-0.39, 0.29) is 5.56 Å². The zero-order valence-electron chi connectivity index (χ0n) is 12.1. The van der Waals surface area contributed by atoms with Crippen molar-refractivity contribution < 1.29 is 0 Å². The Bertz CT molecular complexity index is 498. The third-order valence-electron chi connectivity index (χ3n) is 3.64. The number of halogens is 1. The van der Waals surface area contributed by atoms with Gasteiger partial charge in [0.25, 0.3) is 5.56 Å². The Morgan fingerprint density at radius 3 is 2.80 bits per heavy atom. The van der Waals surface area contributed by atoms with Gasteiger partial charge in [-0.05, 0) is 22.9 Å². The molecule has 7 heteroatoms. The number of hydrogen-bond acceptors (Lipinski definition) is 5. The Hall–Kier alpha value is -0.920. The van der Waals surface area contributed by atoms with E-state index in [4.69, 9.17) is 0 Å². The van der Waals surface area contributed by atoms with Gasteiger partial charge in [0.15, 0.2) is 0 Å². The monoisotopic (exact) mass is 343 g/mol. The van der Waals surface area contributed by atoms with Crippen molar-refractivity contribution in [3.05, 3.63) is 21.0 Å².